The Morgan fingerprint density at radius 1 is 1.25 bits per heavy atom. The van der Waals surface area contributed by atoms with E-state index in [1.165, 1.54) is 5.56 Å². The molecule has 0 radical (unpaired) electrons. The van der Waals surface area contributed by atoms with Crippen LogP contribution in [0.5, 0.6) is 0 Å². The molecule has 0 heterocycles. The Bertz CT molecular complexity index is 281. The van der Waals surface area contributed by atoms with Gasteiger partial charge in [0, 0.05) is 0 Å². The molecule has 0 fully saturated rings. The maximum absolute atomic E-state index is 13.3. The third kappa shape index (κ3) is 1.86. The molecular formula is C10H12BrF. The summed E-state index contributed by atoms with van der Waals surface area (Å²) in [6.45, 7) is 4.03. The van der Waals surface area contributed by atoms with E-state index < -0.39 is 0 Å². The van der Waals surface area contributed by atoms with Crippen molar-refractivity contribution in [2.45, 2.75) is 26.7 Å². The van der Waals surface area contributed by atoms with Crippen molar-refractivity contribution in [3.05, 3.63) is 33.5 Å². The van der Waals surface area contributed by atoms with Crippen LogP contribution in [0.15, 0.2) is 16.6 Å². The largest absolute Gasteiger partial charge is 0.205 e. The molecule has 66 valence electrons. The van der Waals surface area contributed by atoms with Crippen molar-refractivity contribution in [1.82, 2.24) is 0 Å². The molecule has 0 aliphatic heterocycles. The van der Waals surface area contributed by atoms with Crippen LogP contribution in [-0.4, -0.2) is 0 Å². The van der Waals surface area contributed by atoms with Crippen LogP contribution in [0.1, 0.15) is 25.0 Å². The van der Waals surface area contributed by atoms with E-state index in [2.05, 4.69) is 22.9 Å². The number of aryl methyl sites for hydroxylation is 2. The van der Waals surface area contributed by atoms with E-state index in [0.717, 1.165) is 18.4 Å². The first-order valence-electron chi connectivity index (χ1n) is 4.15. The molecule has 0 bridgehead atoms. The van der Waals surface area contributed by atoms with Gasteiger partial charge in [-0.25, -0.2) is 4.39 Å². The average molecular weight is 231 g/mol. The summed E-state index contributed by atoms with van der Waals surface area (Å²) in [4.78, 5) is 0. The standard InChI is InChI=1S/C10H12BrF/c1-3-7-5-8(4-2)10(12)9(11)6-7/h5-6H,3-4H2,1-2H3. The van der Waals surface area contributed by atoms with E-state index in [-0.39, 0.29) is 5.82 Å². The number of hydrogen-bond acceptors (Lipinski definition) is 0. The third-order valence-electron chi connectivity index (χ3n) is 1.95. The summed E-state index contributed by atoms with van der Waals surface area (Å²) in [5, 5.41) is 0. The molecule has 0 aromatic heterocycles. The van der Waals surface area contributed by atoms with Gasteiger partial charge in [-0.3, -0.25) is 0 Å². The van der Waals surface area contributed by atoms with Crippen LogP contribution >= 0.6 is 15.9 Å². The number of halogens is 2. The lowest BCUT2D eigenvalue weighted by Gasteiger charge is -2.05. The molecule has 0 amide bonds. The molecule has 0 aliphatic rings. The van der Waals surface area contributed by atoms with Crippen molar-refractivity contribution in [3.8, 4) is 0 Å². The van der Waals surface area contributed by atoms with Gasteiger partial charge in [0.25, 0.3) is 0 Å². The fourth-order valence-corrected chi connectivity index (χ4v) is 1.72. The summed E-state index contributed by atoms with van der Waals surface area (Å²) < 4.78 is 13.9. The Kier molecular flexibility index (Phi) is 3.27. The Labute approximate surface area is 80.9 Å². The lowest BCUT2D eigenvalue weighted by molar-refractivity contribution is 0.604. The van der Waals surface area contributed by atoms with Crippen molar-refractivity contribution < 1.29 is 4.39 Å². The van der Waals surface area contributed by atoms with E-state index in [1.54, 1.807) is 0 Å². The van der Waals surface area contributed by atoms with E-state index in [9.17, 15) is 4.39 Å². The van der Waals surface area contributed by atoms with Crippen molar-refractivity contribution >= 4 is 15.9 Å². The van der Waals surface area contributed by atoms with Crippen molar-refractivity contribution in [2.24, 2.45) is 0 Å². The maximum atomic E-state index is 13.3. The van der Waals surface area contributed by atoms with Crippen molar-refractivity contribution in [3.63, 3.8) is 0 Å². The molecule has 0 atom stereocenters. The van der Waals surface area contributed by atoms with Crippen LogP contribution in [0.25, 0.3) is 0 Å². The Morgan fingerprint density at radius 2 is 1.92 bits per heavy atom. The number of hydrogen-bond donors (Lipinski definition) is 0. The number of benzene rings is 1. The fraction of sp³-hybridized carbons (Fsp3) is 0.400. The molecule has 0 saturated heterocycles. The van der Waals surface area contributed by atoms with E-state index in [4.69, 9.17) is 0 Å². The van der Waals surface area contributed by atoms with Gasteiger partial charge >= 0.3 is 0 Å². The topological polar surface area (TPSA) is 0 Å². The average Bonchev–Trinajstić information content (AvgIpc) is 2.09. The van der Waals surface area contributed by atoms with Gasteiger partial charge in [-0.05, 0) is 46.0 Å². The van der Waals surface area contributed by atoms with Crippen LogP contribution < -0.4 is 0 Å². The summed E-state index contributed by atoms with van der Waals surface area (Å²) in [5.74, 6) is -0.116. The molecule has 1 rings (SSSR count). The molecule has 1 aromatic carbocycles. The molecule has 2 heteroatoms. The zero-order valence-electron chi connectivity index (χ0n) is 7.32. The van der Waals surface area contributed by atoms with Crippen LogP contribution in [0.4, 0.5) is 4.39 Å². The van der Waals surface area contributed by atoms with Gasteiger partial charge in [0.2, 0.25) is 0 Å². The second-order valence-electron chi connectivity index (χ2n) is 2.76. The molecular weight excluding hydrogens is 219 g/mol. The second-order valence-corrected chi connectivity index (χ2v) is 3.61. The van der Waals surface area contributed by atoms with Crippen LogP contribution in [0.3, 0.4) is 0 Å². The highest BCUT2D eigenvalue weighted by Gasteiger charge is 2.05. The van der Waals surface area contributed by atoms with Crippen molar-refractivity contribution in [2.75, 3.05) is 0 Å². The lowest BCUT2D eigenvalue weighted by Crippen LogP contribution is -1.92. The molecule has 0 nitrogen and oxygen atoms in total. The maximum Gasteiger partial charge on any atom is 0.140 e. The SMILES string of the molecule is CCc1cc(Br)c(F)c(CC)c1. The normalized spacial score (nSPS) is 10.3. The van der Waals surface area contributed by atoms with Crippen LogP contribution in [0, 0.1) is 5.82 Å². The summed E-state index contributed by atoms with van der Waals surface area (Å²) in [5.41, 5.74) is 1.97. The Morgan fingerprint density at radius 3 is 2.42 bits per heavy atom. The van der Waals surface area contributed by atoms with Gasteiger partial charge in [0.15, 0.2) is 0 Å². The quantitative estimate of drug-likeness (QED) is 0.727. The molecule has 0 spiro atoms. The first-order chi connectivity index (χ1) is 5.69. The molecule has 0 saturated carbocycles. The molecule has 0 aliphatic carbocycles. The minimum Gasteiger partial charge on any atom is -0.205 e. The van der Waals surface area contributed by atoms with Crippen LogP contribution in [-0.2, 0) is 12.8 Å². The zero-order valence-corrected chi connectivity index (χ0v) is 8.91. The fourth-order valence-electron chi connectivity index (χ4n) is 1.17. The summed E-state index contributed by atoms with van der Waals surface area (Å²) in [7, 11) is 0. The van der Waals surface area contributed by atoms with Gasteiger partial charge in [-0.15, -0.1) is 0 Å². The van der Waals surface area contributed by atoms with E-state index in [0.29, 0.717) is 4.47 Å². The highest BCUT2D eigenvalue weighted by molar-refractivity contribution is 9.10. The van der Waals surface area contributed by atoms with Gasteiger partial charge in [0.05, 0.1) is 4.47 Å². The van der Waals surface area contributed by atoms with Gasteiger partial charge in [0.1, 0.15) is 5.82 Å². The number of rotatable bonds is 2. The second kappa shape index (κ2) is 4.04. The van der Waals surface area contributed by atoms with E-state index in [1.807, 2.05) is 19.1 Å². The molecule has 0 N–H and O–H groups in total. The highest BCUT2D eigenvalue weighted by Crippen LogP contribution is 2.22. The molecule has 12 heavy (non-hydrogen) atoms. The third-order valence-corrected chi connectivity index (χ3v) is 2.53. The Hall–Kier alpha value is -0.370. The van der Waals surface area contributed by atoms with Crippen LogP contribution in [0.2, 0.25) is 0 Å². The van der Waals surface area contributed by atoms with Gasteiger partial charge in [-0.2, -0.15) is 0 Å². The Balaban J connectivity index is 3.19. The van der Waals surface area contributed by atoms with Gasteiger partial charge in [-0.1, -0.05) is 19.9 Å². The van der Waals surface area contributed by atoms with Crippen molar-refractivity contribution in [1.29, 1.82) is 0 Å². The monoisotopic (exact) mass is 230 g/mol. The molecule has 0 unspecified atom stereocenters. The molecule has 1 aromatic rings. The first kappa shape index (κ1) is 9.72. The van der Waals surface area contributed by atoms with Gasteiger partial charge < -0.3 is 0 Å². The summed E-state index contributed by atoms with van der Waals surface area (Å²) in [6.07, 6.45) is 1.70. The summed E-state index contributed by atoms with van der Waals surface area (Å²) in [6, 6.07) is 3.77. The van der Waals surface area contributed by atoms with E-state index >= 15 is 0 Å². The smallest absolute Gasteiger partial charge is 0.140 e. The zero-order chi connectivity index (χ0) is 9.14. The minimum absolute atomic E-state index is 0.116. The minimum atomic E-state index is -0.116. The highest BCUT2D eigenvalue weighted by atomic mass is 79.9. The lowest BCUT2D eigenvalue weighted by atomic mass is 10.1. The predicted octanol–water partition coefficient (Wildman–Crippen LogP) is 3.71. The predicted molar refractivity (Wildman–Crippen MR) is 52.9 cm³/mol. The first-order valence-corrected chi connectivity index (χ1v) is 4.95. The summed E-state index contributed by atoms with van der Waals surface area (Å²) >= 11 is 3.20.